The van der Waals surface area contributed by atoms with Crippen molar-refractivity contribution >= 4 is 47.9 Å². The third-order valence-corrected chi connectivity index (χ3v) is 7.27. The van der Waals surface area contributed by atoms with Crippen molar-refractivity contribution in [3.63, 3.8) is 0 Å². The topological polar surface area (TPSA) is 94.3 Å². The first-order chi connectivity index (χ1) is 12.6. The number of fused-ring (bicyclic) bond motifs is 3. The van der Waals surface area contributed by atoms with Gasteiger partial charge >= 0.3 is 0 Å². The van der Waals surface area contributed by atoms with E-state index in [0.29, 0.717) is 23.5 Å². The molecule has 1 spiro atoms. The second-order valence-corrected chi connectivity index (χ2v) is 8.84. The summed E-state index contributed by atoms with van der Waals surface area (Å²) in [7, 11) is 0. The van der Waals surface area contributed by atoms with E-state index in [1.165, 1.54) is 36.9 Å². The highest BCUT2D eigenvalue weighted by molar-refractivity contribution is 6.33. The van der Waals surface area contributed by atoms with Gasteiger partial charge in [-0.05, 0) is 51.0 Å². The summed E-state index contributed by atoms with van der Waals surface area (Å²) < 4.78 is 1.90. The number of nitrogens with zero attached hydrogens (tertiary/aromatic N) is 3. The van der Waals surface area contributed by atoms with Crippen molar-refractivity contribution < 1.29 is 0 Å². The highest BCUT2D eigenvalue weighted by Gasteiger charge is 2.50. The molecule has 28 heavy (non-hydrogen) atoms. The Bertz CT molecular complexity index is 848. The first-order valence-corrected chi connectivity index (χ1v) is 10.3. The standard InChI is InChI=1S/C19H27ClN6.2ClH/c20-15-10-23-26-17(24-13-4-3-12(22)8-13)14-7-11(9-21)19(5-1-2-6-19)16(14)25-18(15)26;;/h10-13,24H,1-9,21-22H2;2*1H/t11?,12-,13-;;/m1../s1. The lowest BCUT2D eigenvalue weighted by molar-refractivity contribution is 0.300. The Balaban J connectivity index is 0.00000112. The molecule has 0 radical (unpaired) electrons. The maximum absolute atomic E-state index is 6.43. The number of anilines is 1. The van der Waals surface area contributed by atoms with E-state index in [1.54, 1.807) is 6.20 Å². The van der Waals surface area contributed by atoms with Crippen LogP contribution in [0.15, 0.2) is 6.20 Å². The minimum atomic E-state index is 0. The van der Waals surface area contributed by atoms with Gasteiger partial charge in [-0.25, -0.2) is 4.98 Å². The molecular weight excluding hydrogens is 419 g/mol. The van der Waals surface area contributed by atoms with Crippen LogP contribution in [-0.2, 0) is 11.8 Å². The number of aromatic nitrogens is 3. The molecule has 2 saturated carbocycles. The van der Waals surface area contributed by atoms with Crippen molar-refractivity contribution in [2.45, 2.75) is 68.9 Å². The lowest BCUT2D eigenvalue weighted by atomic mass is 9.75. The van der Waals surface area contributed by atoms with Gasteiger partial charge in [-0.2, -0.15) is 9.61 Å². The van der Waals surface area contributed by atoms with Crippen LogP contribution in [0.2, 0.25) is 5.02 Å². The number of hydrogen-bond acceptors (Lipinski definition) is 5. The number of rotatable bonds is 3. The molecule has 0 aromatic carbocycles. The first kappa shape index (κ1) is 21.9. The fraction of sp³-hybridized carbons (Fsp3) is 0.684. The third-order valence-electron chi connectivity index (χ3n) is 7.00. The Labute approximate surface area is 183 Å². The van der Waals surface area contributed by atoms with Gasteiger partial charge in [0.05, 0.1) is 11.9 Å². The van der Waals surface area contributed by atoms with Crippen LogP contribution in [0.1, 0.15) is 56.2 Å². The van der Waals surface area contributed by atoms with Gasteiger partial charge in [0.15, 0.2) is 5.65 Å². The summed E-state index contributed by atoms with van der Waals surface area (Å²) in [5, 5.41) is 8.89. The van der Waals surface area contributed by atoms with Crippen LogP contribution in [0.5, 0.6) is 0 Å². The summed E-state index contributed by atoms with van der Waals surface area (Å²) in [5.41, 5.74) is 15.8. The first-order valence-electron chi connectivity index (χ1n) is 9.91. The van der Waals surface area contributed by atoms with Crippen molar-refractivity contribution in [2.75, 3.05) is 11.9 Å². The van der Waals surface area contributed by atoms with Crippen LogP contribution >= 0.6 is 36.4 Å². The fourth-order valence-corrected chi connectivity index (χ4v) is 5.86. The zero-order valence-corrected chi connectivity index (χ0v) is 18.3. The summed E-state index contributed by atoms with van der Waals surface area (Å²) in [6.45, 7) is 0.708. The summed E-state index contributed by atoms with van der Waals surface area (Å²) in [6.07, 6.45) is 10.7. The van der Waals surface area contributed by atoms with Crippen molar-refractivity contribution in [1.29, 1.82) is 0 Å². The molecule has 0 aliphatic heterocycles. The van der Waals surface area contributed by atoms with Crippen molar-refractivity contribution in [3.05, 3.63) is 22.5 Å². The molecule has 6 nitrogen and oxygen atoms in total. The quantitative estimate of drug-likeness (QED) is 0.670. The molecule has 0 amide bonds. The van der Waals surface area contributed by atoms with Gasteiger partial charge in [0.1, 0.15) is 10.8 Å². The van der Waals surface area contributed by atoms with Gasteiger partial charge in [0.25, 0.3) is 0 Å². The summed E-state index contributed by atoms with van der Waals surface area (Å²) >= 11 is 6.43. The number of hydrogen-bond donors (Lipinski definition) is 3. The molecule has 3 aliphatic rings. The second kappa shape index (κ2) is 8.15. The van der Waals surface area contributed by atoms with E-state index in [-0.39, 0.29) is 36.3 Å². The molecule has 1 unspecified atom stereocenters. The van der Waals surface area contributed by atoms with Crippen LogP contribution in [0.4, 0.5) is 5.82 Å². The molecular formula is C19H29Cl3N6. The lowest BCUT2D eigenvalue weighted by Crippen LogP contribution is -2.34. The number of nitrogens with two attached hydrogens (primary N) is 2. The number of nitrogens with one attached hydrogen (secondary N) is 1. The zero-order valence-electron chi connectivity index (χ0n) is 15.9. The molecule has 3 atom stereocenters. The molecule has 5 rings (SSSR count). The SMILES string of the molecule is Cl.Cl.NCC1Cc2c(nc3c(Cl)cnn3c2N[C@@H]2CC[C@@H](N)C2)C12CCCC2. The van der Waals surface area contributed by atoms with Crippen LogP contribution in [-0.4, -0.2) is 33.2 Å². The van der Waals surface area contributed by atoms with Crippen LogP contribution < -0.4 is 16.8 Å². The normalized spacial score (nSPS) is 27.6. The van der Waals surface area contributed by atoms with Crippen LogP contribution in [0, 0.1) is 5.92 Å². The van der Waals surface area contributed by atoms with Crippen LogP contribution in [0.3, 0.4) is 0 Å². The van der Waals surface area contributed by atoms with Gasteiger partial charge in [-0.3, -0.25) is 0 Å². The monoisotopic (exact) mass is 446 g/mol. The molecule has 0 saturated heterocycles. The van der Waals surface area contributed by atoms with E-state index in [0.717, 1.165) is 37.1 Å². The Kier molecular flexibility index (Phi) is 6.38. The maximum atomic E-state index is 6.43. The Morgan fingerprint density at radius 3 is 2.64 bits per heavy atom. The highest BCUT2D eigenvalue weighted by Crippen LogP contribution is 2.54. The predicted molar refractivity (Wildman–Crippen MR) is 118 cm³/mol. The van der Waals surface area contributed by atoms with Crippen molar-refractivity contribution in [2.24, 2.45) is 17.4 Å². The Morgan fingerprint density at radius 1 is 1.25 bits per heavy atom. The van der Waals surface area contributed by atoms with Gasteiger partial charge in [-0.1, -0.05) is 24.4 Å². The van der Waals surface area contributed by atoms with Crippen molar-refractivity contribution in [3.8, 4) is 0 Å². The van der Waals surface area contributed by atoms with E-state index in [1.807, 2.05) is 4.52 Å². The highest BCUT2D eigenvalue weighted by atomic mass is 35.5. The van der Waals surface area contributed by atoms with E-state index in [2.05, 4.69) is 10.4 Å². The largest absolute Gasteiger partial charge is 0.367 e. The average molecular weight is 448 g/mol. The van der Waals surface area contributed by atoms with E-state index >= 15 is 0 Å². The molecule has 0 bridgehead atoms. The van der Waals surface area contributed by atoms with E-state index < -0.39 is 0 Å². The summed E-state index contributed by atoms with van der Waals surface area (Å²) in [6, 6.07) is 0.677. The molecule has 3 aliphatic carbocycles. The molecule has 2 aromatic rings. The summed E-state index contributed by atoms with van der Waals surface area (Å²) in [4.78, 5) is 5.05. The van der Waals surface area contributed by atoms with Gasteiger partial charge in [0, 0.05) is 23.1 Å². The minimum absolute atomic E-state index is 0. The third kappa shape index (κ3) is 3.18. The van der Waals surface area contributed by atoms with Crippen LogP contribution in [0.25, 0.3) is 5.65 Å². The molecule has 2 heterocycles. The fourth-order valence-electron chi connectivity index (χ4n) is 5.69. The Hall–Kier alpha value is -0.790. The minimum Gasteiger partial charge on any atom is -0.367 e. The van der Waals surface area contributed by atoms with E-state index in [9.17, 15) is 0 Å². The van der Waals surface area contributed by atoms with Crippen molar-refractivity contribution in [1.82, 2.24) is 14.6 Å². The van der Waals surface area contributed by atoms with Gasteiger partial charge in [0.2, 0.25) is 0 Å². The maximum Gasteiger partial charge on any atom is 0.176 e. The average Bonchev–Trinajstić information content (AvgIpc) is 3.39. The smallest absolute Gasteiger partial charge is 0.176 e. The molecule has 156 valence electrons. The number of halogens is 3. The lowest BCUT2D eigenvalue weighted by Gasteiger charge is -2.30. The molecule has 2 fully saturated rings. The second-order valence-electron chi connectivity index (χ2n) is 8.43. The molecule has 5 N–H and O–H groups in total. The summed E-state index contributed by atoms with van der Waals surface area (Å²) in [5.74, 6) is 1.53. The van der Waals surface area contributed by atoms with Gasteiger partial charge < -0.3 is 16.8 Å². The predicted octanol–water partition coefficient (Wildman–Crippen LogP) is 3.46. The Morgan fingerprint density at radius 2 is 2.00 bits per heavy atom. The molecule has 2 aromatic heterocycles. The van der Waals surface area contributed by atoms with Gasteiger partial charge in [-0.15, -0.1) is 24.8 Å². The van der Waals surface area contributed by atoms with E-state index in [4.69, 9.17) is 28.1 Å². The molecule has 9 heteroatoms. The zero-order chi connectivity index (χ0) is 17.9.